The molecule has 4 heteroatoms. The minimum absolute atomic E-state index is 0.113. The van der Waals surface area contributed by atoms with Gasteiger partial charge in [-0.3, -0.25) is 4.79 Å². The van der Waals surface area contributed by atoms with E-state index >= 15 is 0 Å². The van der Waals surface area contributed by atoms with Crippen LogP contribution in [-0.4, -0.2) is 4.98 Å². The van der Waals surface area contributed by atoms with Crippen LogP contribution in [0.1, 0.15) is 22.4 Å². The zero-order valence-corrected chi connectivity index (χ0v) is 14.2. The lowest BCUT2D eigenvalue weighted by molar-refractivity contribution is 0.305. The maximum absolute atomic E-state index is 12.0. The lowest BCUT2D eigenvalue weighted by Crippen LogP contribution is -2.12. The highest BCUT2D eigenvalue weighted by molar-refractivity contribution is 5.71. The van der Waals surface area contributed by atoms with Crippen LogP contribution in [0.25, 0.3) is 11.1 Å². The third-order valence-electron chi connectivity index (χ3n) is 4.08. The number of aromatic amines is 1. The molecule has 4 nitrogen and oxygen atoms in total. The molecule has 0 saturated heterocycles. The lowest BCUT2D eigenvalue weighted by atomic mass is 10.0. The third kappa shape index (κ3) is 3.61. The van der Waals surface area contributed by atoms with Crippen molar-refractivity contribution in [2.45, 2.75) is 20.5 Å². The molecule has 0 atom stereocenters. The van der Waals surface area contributed by atoms with Gasteiger partial charge < -0.3 is 9.72 Å². The van der Waals surface area contributed by atoms with E-state index in [0.29, 0.717) is 23.6 Å². The van der Waals surface area contributed by atoms with Crippen molar-refractivity contribution in [2.24, 2.45) is 0 Å². The fourth-order valence-electron chi connectivity index (χ4n) is 2.71. The van der Waals surface area contributed by atoms with Gasteiger partial charge in [0.05, 0.1) is 0 Å². The highest BCUT2D eigenvalue weighted by Gasteiger charge is 2.11. The van der Waals surface area contributed by atoms with Crippen LogP contribution in [0.2, 0.25) is 0 Å². The summed E-state index contributed by atoms with van der Waals surface area (Å²) >= 11 is 0. The van der Waals surface area contributed by atoms with Gasteiger partial charge in [0.2, 0.25) is 0 Å². The van der Waals surface area contributed by atoms with Gasteiger partial charge in [-0.2, -0.15) is 5.26 Å². The first-order valence-corrected chi connectivity index (χ1v) is 8.00. The van der Waals surface area contributed by atoms with E-state index in [1.807, 2.05) is 61.5 Å². The summed E-state index contributed by atoms with van der Waals surface area (Å²) in [5, 5.41) is 9.30. The van der Waals surface area contributed by atoms with E-state index in [1.54, 1.807) is 13.0 Å². The van der Waals surface area contributed by atoms with E-state index < -0.39 is 0 Å². The Morgan fingerprint density at radius 3 is 2.64 bits per heavy atom. The Bertz CT molecular complexity index is 1010. The van der Waals surface area contributed by atoms with Gasteiger partial charge in [0.1, 0.15) is 24.0 Å². The average Bonchev–Trinajstić information content (AvgIpc) is 2.61. The van der Waals surface area contributed by atoms with Gasteiger partial charge >= 0.3 is 0 Å². The van der Waals surface area contributed by atoms with Crippen molar-refractivity contribution >= 4 is 0 Å². The number of aromatic nitrogens is 1. The number of ether oxygens (including phenoxy) is 1. The Morgan fingerprint density at radius 1 is 1.08 bits per heavy atom. The lowest BCUT2D eigenvalue weighted by Gasteiger charge is -2.11. The number of H-pyrrole nitrogens is 1. The first-order valence-electron chi connectivity index (χ1n) is 8.00. The van der Waals surface area contributed by atoms with E-state index in [1.165, 1.54) is 5.56 Å². The van der Waals surface area contributed by atoms with Crippen molar-refractivity contribution in [3.63, 3.8) is 0 Å². The molecule has 1 aromatic heterocycles. The molecule has 0 aliphatic rings. The van der Waals surface area contributed by atoms with Gasteiger partial charge in [0.15, 0.2) is 0 Å². The van der Waals surface area contributed by atoms with E-state index in [4.69, 9.17) is 4.74 Å². The molecule has 0 aliphatic carbocycles. The van der Waals surface area contributed by atoms with E-state index in [0.717, 1.165) is 11.1 Å². The number of aryl methyl sites for hydroxylation is 2. The second kappa shape index (κ2) is 7.06. The highest BCUT2D eigenvalue weighted by atomic mass is 16.5. The highest BCUT2D eigenvalue weighted by Crippen LogP contribution is 2.26. The SMILES string of the molecule is Cc1cc(-c2cccc(OCc3ccccc3C)c2)c(C#N)c(=O)[nH]1. The third-order valence-corrected chi connectivity index (χ3v) is 4.08. The predicted octanol–water partition coefficient (Wildman–Crippen LogP) is 4.11. The number of nitrogens with one attached hydrogen (secondary N) is 1. The van der Waals surface area contributed by atoms with E-state index in [-0.39, 0.29) is 11.1 Å². The van der Waals surface area contributed by atoms with Gasteiger partial charge in [-0.15, -0.1) is 0 Å². The van der Waals surface area contributed by atoms with Crippen molar-refractivity contribution in [1.82, 2.24) is 4.98 Å². The molecular formula is C21H18N2O2. The van der Waals surface area contributed by atoms with Crippen molar-refractivity contribution in [1.29, 1.82) is 5.26 Å². The second-order valence-electron chi connectivity index (χ2n) is 5.92. The Morgan fingerprint density at radius 2 is 1.88 bits per heavy atom. The number of nitrogens with zero attached hydrogens (tertiary/aromatic N) is 1. The van der Waals surface area contributed by atoms with Crippen LogP contribution in [-0.2, 0) is 6.61 Å². The van der Waals surface area contributed by atoms with Gasteiger partial charge in [0, 0.05) is 11.3 Å². The van der Waals surface area contributed by atoms with Crippen molar-refractivity contribution in [3.05, 3.63) is 87.3 Å². The molecule has 0 saturated carbocycles. The summed E-state index contributed by atoms with van der Waals surface area (Å²) in [6, 6.07) is 19.3. The summed E-state index contributed by atoms with van der Waals surface area (Å²) in [5.41, 5.74) is 4.15. The summed E-state index contributed by atoms with van der Waals surface area (Å²) in [5.74, 6) is 0.697. The first-order chi connectivity index (χ1) is 12.1. The Kier molecular flexibility index (Phi) is 4.67. The molecule has 3 aromatic rings. The number of pyridine rings is 1. The zero-order valence-electron chi connectivity index (χ0n) is 14.2. The molecule has 0 fully saturated rings. The number of nitriles is 1. The zero-order chi connectivity index (χ0) is 17.8. The molecule has 2 aromatic carbocycles. The quantitative estimate of drug-likeness (QED) is 0.783. The van der Waals surface area contributed by atoms with Crippen LogP contribution in [0.3, 0.4) is 0 Å². The van der Waals surface area contributed by atoms with Gasteiger partial charge in [-0.05, 0) is 48.7 Å². The Balaban J connectivity index is 1.92. The van der Waals surface area contributed by atoms with Gasteiger partial charge in [-0.25, -0.2) is 0 Å². The minimum Gasteiger partial charge on any atom is -0.489 e. The maximum atomic E-state index is 12.0. The molecule has 3 rings (SSSR count). The van der Waals surface area contributed by atoms with Crippen LogP contribution in [0.4, 0.5) is 0 Å². The fraction of sp³-hybridized carbons (Fsp3) is 0.143. The molecule has 124 valence electrons. The maximum Gasteiger partial charge on any atom is 0.266 e. The molecule has 25 heavy (non-hydrogen) atoms. The number of rotatable bonds is 4. The summed E-state index contributed by atoms with van der Waals surface area (Å²) < 4.78 is 5.90. The molecule has 0 amide bonds. The Hall–Kier alpha value is -3.32. The molecule has 0 spiro atoms. The molecule has 0 radical (unpaired) electrons. The number of hydrogen-bond acceptors (Lipinski definition) is 3. The summed E-state index contributed by atoms with van der Waals surface area (Å²) in [7, 11) is 0. The number of benzene rings is 2. The largest absolute Gasteiger partial charge is 0.489 e. The summed E-state index contributed by atoms with van der Waals surface area (Å²) in [6.45, 7) is 4.31. The topological polar surface area (TPSA) is 65.9 Å². The normalized spacial score (nSPS) is 10.3. The predicted molar refractivity (Wildman–Crippen MR) is 97.5 cm³/mol. The van der Waals surface area contributed by atoms with Crippen LogP contribution in [0.15, 0.2) is 59.4 Å². The van der Waals surface area contributed by atoms with Crippen LogP contribution < -0.4 is 10.3 Å². The summed E-state index contributed by atoms with van der Waals surface area (Å²) in [6.07, 6.45) is 0. The van der Waals surface area contributed by atoms with Crippen molar-refractivity contribution in [3.8, 4) is 22.9 Å². The van der Waals surface area contributed by atoms with Crippen LogP contribution in [0, 0.1) is 25.2 Å². The van der Waals surface area contributed by atoms with Gasteiger partial charge in [-0.1, -0.05) is 36.4 Å². The second-order valence-corrected chi connectivity index (χ2v) is 5.92. The summed E-state index contributed by atoms with van der Waals surface area (Å²) in [4.78, 5) is 14.6. The van der Waals surface area contributed by atoms with Crippen molar-refractivity contribution < 1.29 is 4.74 Å². The molecular weight excluding hydrogens is 312 g/mol. The Labute approximate surface area is 146 Å². The first kappa shape index (κ1) is 16.5. The van der Waals surface area contributed by atoms with E-state index in [2.05, 4.69) is 4.98 Å². The van der Waals surface area contributed by atoms with Gasteiger partial charge in [0.25, 0.3) is 5.56 Å². The van der Waals surface area contributed by atoms with Crippen LogP contribution in [0.5, 0.6) is 5.75 Å². The standard InChI is InChI=1S/C21H18N2O2/c1-14-6-3-4-7-17(14)13-25-18-9-5-8-16(11-18)19-10-15(2)23-21(24)20(19)12-22/h3-11H,13H2,1-2H3,(H,23,24). The van der Waals surface area contributed by atoms with E-state index in [9.17, 15) is 10.1 Å². The minimum atomic E-state index is -0.372. The van der Waals surface area contributed by atoms with Crippen molar-refractivity contribution in [2.75, 3.05) is 0 Å². The molecule has 1 heterocycles. The molecule has 1 N–H and O–H groups in total. The fourth-order valence-corrected chi connectivity index (χ4v) is 2.71. The molecule has 0 aliphatic heterocycles. The number of hydrogen-bond donors (Lipinski definition) is 1. The monoisotopic (exact) mass is 330 g/mol. The molecule has 0 bridgehead atoms. The molecule has 0 unspecified atom stereocenters. The smallest absolute Gasteiger partial charge is 0.266 e. The average molecular weight is 330 g/mol. The van der Waals surface area contributed by atoms with Crippen LogP contribution >= 0.6 is 0 Å².